The van der Waals surface area contributed by atoms with Crippen molar-refractivity contribution in [1.29, 1.82) is 0 Å². The summed E-state index contributed by atoms with van der Waals surface area (Å²) in [7, 11) is -3.49. The van der Waals surface area contributed by atoms with Crippen molar-refractivity contribution in [3.8, 4) is 11.5 Å². The summed E-state index contributed by atoms with van der Waals surface area (Å²) in [5.74, 6) is 1.47. The summed E-state index contributed by atoms with van der Waals surface area (Å²) in [6, 6.07) is 11.3. The zero-order valence-electron chi connectivity index (χ0n) is 14.7. The normalized spacial score (nSPS) is 16.2. The fourth-order valence-electron chi connectivity index (χ4n) is 3.53. The van der Waals surface area contributed by atoms with E-state index in [4.69, 9.17) is 9.47 Å². The van der Waals surface area contributed by atoms with Gasteiger partial charge in [-0.1, -0.05) is 12.1 Å². The van der Waals surface area contributed by atoms with E-state index < -0.39 is 10.0 Å². The number of hydrogen-bond donors (Lipinski definition) is 1. The van der Waals surface area contributed by atoms with Crippen LogP contribution in [0.1, 0.15) is 29.5 Å². The first-order valence-electron chi connectivity index (χ1n) is 9.12. The first kappa shape index (κ1) is 17.4. The van der Waals surface area contributed by atoms with Gasteiger partial charge in [-0.2, -0.15) is 0 Å². The molecule has 0 saturated carbocycles. The summed E-state index contributed by atoms with van der Waals surface area (Å²) in [6.45, 7) is 1.45. The Morgan fingerprint density at radius 2 is 1.65 bits per heavy atom. The maximum absolute atomic E-state index is 12.6. The predicted molar refractivity (Wildman–Crippen MR) is 99.4 cm³/mol. The number of benzene rings is 2. The van der Waals surface area contributed by atoms with Gasteiger partial charge in [-0.05, 0) is 73.1 Å². The van der Waals surface area contributed by atoms with Gasteiger partial charge >= 0.3 is 0 Å². The highest BCUT2D eigenvalue weighted by atomic mass is 32.2. The van der Waals surface area contributed by atoms with Crippen molar-refractivity contribution in [3.63, 3.8) is 0 Å². The highest BCUT2D eigenvalue weighted by molar-refractivity contribution is 7.89. The summed E-state index contributed by atoms with van der Waals surface area (Å²) in [5, 5.41) is 0. The molecule has 1 heterocycles. The molecule has 0 radical (unpaired) electrons. The Morgan fingerprint density at radius 3 is 2.50 bits per heavy atom. The van der Waals surface area contributed by atoms with Gasteiger partial charge in [0, 0.05) is 6.54 Å². The van der Waals surface area contributed by atoms with E-state index in [1.807, 2.05) is 30.3 Å². The van der Waals surface area contributed by atoms with E-state index in [-0.39, 0.29) is 0 Å². The first-order chi connectivity index (χ1) is 12.6. The molecule has 0 bridgehead atoms. The number of nitrogens with one attached hydrogen (secondary N) is 1. The summed E-state index contributed by atoms with van der Waals surface area (Å²) >= 11 is 0. The second-order valence-electron chi connectivity index (χ2n) is 6.76. The molecule has 4 rings (SSSR count). The van der Waals surface area contributed by atoms with Crippen LogP contribution in [0, 0.1) is 0 Å². The molecule has 6 heteroatoms. The second kappa shape index (κ2) is 7.29. The molecule has 2 aromatic carbocycles. The zero-order chi connectivity index (χ0) is 18.0. The average molecular weight is 373 g/mol. The van der Waals surface area contributed by atoms with Gasteiger partial charge in [0.25, 0.3) is 0 Å². The Labute approximate surface area is 154 Å². The van der Waals surface area contributed by atoms with Gasteiger partial charge in [0.1, 0.15) is 13.2 Å². The quantitative estimate of drug-likeness (QED) is 0.875. The van der Waals surface area contributed by atoms with Gasteiger partial charge in [0.15, 0.2) is 11.5 Å². The number of ether oxygens (including phenoxy) is 2. The molecule has 138 valence electrons. The highest BCUT2D eigenvalue weighted by Crippen LogP contribution is 2.30. The van der Waals surface area contributed by atoms with Crippen LogP contribution in [-0.2, 0) is 29.3 Å². The lowest BCUT2D eigenvalue weighted by atomic mass is 9.92. The van der Waals surface area contributed by atoms with Crippen molar-refractivity contribution in [2.24, 2.45) is 0 Å². The third kappa shape index (κ3) is 3.71. The summed E-state index contributed by atoms with van der Waals surface area (Å²) in [4.78, 5) is 0.361. The largest absolute Gasteiger partial charge is 0.486 e. The summed E-state index contributed by atoms with van der Waals surface area (Å²) in [6.07, 6.45) is 4.94. The zero-order valence-corrected chi connectivity index (χ0v) is 15.5. The maximum Gasteiger partial charge on any atom is 0.240 e. The standard InChI is InChI=1S/C20H23NO4S/c22-26(23,18-7-6-16-3-1-2-4-17(16)14-18)21-10-9-15-5-8-19-20(13-15)25-12-11-24-19/h5-8,13-14,21H,1-4,9-12H2. The molecule has 0 aromatic heterocycles. The minimum Gasteiger partial charge on any atom is -0.486 e. The second-order valence-corrected chi connectivity index (χ2v) is 8.53. The monoisotopic (exact) mass is 373 g/mol. The Hall–Kier alpha value is -2.05. The van der Waals surface area contributed by atoms with Crippen LogP contribution < -0.4 is 14.2 Å². The van der Waals surface area contributed by atoms with Gasteiger partial charge in [-0.25, -0.2) is 13.1 Å². The number of sulfonamides is 1. The lowest BCUT2D eigenvalue weighted by Gasteiger charge is -2.19. The number of fused-ring (bicyclic) bond motifs is 2. The molecule has 2 aromatic rings. The number of hydrogen-bond acceptors (Lipinski definition) is 4. The van der Waals surface area contributed by atoms with Crippen LogP contribution in [0.4, 0.5) is 0 Å². The molecule has 0 amide bonds. The van der Waals surface area contributed by atoms with Crippen LogP contribution in [-0.4, -0.2) is 28.2 Å². The molecule has 0 spiro atoms. The predicted octanol–water partition coefficient (Wildman–Crippen LogP) is 2.86. The Balaban J connectivity index is 1.41. The molecule has 5 nitrogen and oxygen atoms in total. The molecule has 0 fully saturated rings. The molecule has 0 unspecified atom stereocenters. The minimum atomic E-state index is -3.49. The fraction of sp³-hybridized carbons (Fsp3) is 0.400. The highest BCUT2D eigenvalue weighted by Gasteiger charge is 2.18. The van der Waals surface area contributed by atoms with Crippen molar-refractivity contribution >= 4 is 10.0 Å². The molecule has 0 saturated heterocycles. The lowest BCUT2D eigenvalue weighted by molar-refractivity contribution is 0.171. The van der Waals surface area contributed by atoms with Gasteiger partial charge < -0.3 is 9.47 Å². The van der Waals surface area contributed by atoms with E-state index >= 15 is 0 Å². The third-order valence-electron chi connectivity index (χ3n) is 4.94. The van der Waals surface area contributed by atoms with Crippen molar-refractivity contribution in [2.45, 2.75) is 37.0 Å². The van der Waals surface area contributed by atoms with E-state index in [0.29, 0.717) is 31.1 Å². The van der Waals surface area contributed by atoms with Crippen molar-refractivity contribution in [2.75, 3.05) is 19.8 Å². The van der Waals surface area contributed by atoms with Crippen LogP contribution in [0.5, 0.6) is 11.5 Å². The van der Waals surface area contributed by atoms with Gasteiger partial charge in [0.05, 0.1) is 4.90 Å². The fourth-order valence-corrected chi connectivity index (χ4v) is 4.62. The molecule has 1 aliphatic carbocycles. The van der Waals surface area contributed by atoms with Crippen LogP contribution in [0.15, 0.2) is 41.3 Å². The Morgan fingerprint density at radius 1 is 0.885 bits per heavy atom. The minimum absolute atomic E-state index is 0.346. The van der Waals surface area contributed by atoms with Crippen LogP contribution in [0.3, 0.4) is 0 Å². The topological polar surface area (TPSA) is 64.6 Å². The maximum atomic E-state index is 12.6. The molecular weight excluding hydrogens is 350 g/mol. The van der Waals surface area contributed by atoms with E-state index in [1.54, 1.807) is 6.07 Å². The third-order valence-corrected chi connectivity index (χ3v) is 6.40. The molecule has 26 heavy (non-hydrogen) atoms. The van der Waals surface area contributed by atoms with E-state index in [2.05, 4.69) is 4.72 Å². The van der Waals surface area contributed by atoms with Crippen molar-refractivity contribution in [3.05, 3.63) is 53.1 Å². The lowest BCUT2D eigenvalue weighted by Crippen LogP contribution is -2.26. The summed E-state index contributed by atoms with van der Waals surface area (Å²) in [5.41, 5.74) is 3.47. The summed E-state index contributed by atoms with van der Waals surface area (Å²) < 4.78 is 39.0. The molecular formula is C20H23NO4S. The van der Waals surface area contributed by atoms with Gasteiger partial charge in [0.2, 0.25) is 10.0 Å². The van der Waals surface area contributed by atoms with Gasteiger partial charge in [-0.3, -0.25) is 0 Å². The number of rotatable bonds is 5. The van der Waals surface area contributed by atoms with Crippen LogP contribution in [0.25, 0.3) is 0 Å². The Bertz CT molecular complexity index is 908. The molecule has 2 aliphatic rings. The van der Waals surface area contributed by atoms with E-state index in [1.165, 1.54) is 17.5 Å². The number of aryl methyl sites for hydroxylation is 2. The first-order valence-corrected chi connectivity index (χ1v) is 10.6. The smallest absolute Gasteiger partial charge is 0.240 e. The molecule has 1 aliphatic heterocycles. The van der Waals surface area contributed by atoms with Crippen LogP contribution in [0.2, 0.25) is 0 Å². The van der Waals surface area contributed by atoms with Crippen molar-refractivity contribution in [1.82, 2.24) is 4.72 Å². The van der Waals surface area contributed by atoms with Crippen molar-refractivity contribution < 1.29 is 17.9 Å². The molecule has 0 atom stereocenters. The Kier molecular flexibility index (Phi) is 4.87. The van der Waals surface area contributed by atoms with E-state index in [0.717, 1.165) is 36.3 Å². The average Bonchev–Trinajstić information content (AvgIpc) is 2.67. The molecule has 1 N–H and O–H groups in total. The van der Waals surface area contributed by atoms with E-state index in [9.17, 15) is 8.42 Å². The van der Waals surface area contributed by atoms with Gasteiger partial charge in [-0.15, -0.1) is 0 Å². The SMILES string of the molecule is O=S(=O)(NCCc1ccc2c(c1)OCCO2)c1ccc2c(c1)CCCC2. The van der Waals surface area contributed by atoms with Crippen LogP contribution >= 0.6 is 0 Å².